The first-order valence-corrected chi connectivity index (χ1v) is 13.7. The standard InChI is InChI=1S/C31H31N3O3S/c1-22-4-5-25(31(36)33-26-10-12-27(13-11-26)34-16-18-37-19-17-34)21-29(22)23-6-8-24(9-7-23)30(35)32-15-14-28-3-2-20-38-28/h2-13,20-21H,14-19H2,1H3,(H,32,35)(H,33,36). The third-order valence-electron chi connectivity index (χ3n) is 6.70. The van der Waals surface area contributed by atoms with Gasteiger partial charge in [-0.3, -0.25) is 9.59 Å². The average Bonchev–Trinajstić information content (AvgIpc) is 3.48. The predicted molar refractivity (Wildman–Crippen MR) is 154 cm³/mol. The highest BCUT2D eigenvalue weighted by atomic mass is 32.1. The summed E-state index contributed by atoms with van der Waals surface area (Å²) in [5, 5.41) is 8.03. The predicted octanol–water partition coefficient (Wildman–Crippen LogP) is 5.78. The minimum absolute atomic E-state index is 0.0856. The lowest BCUT2D eigenvalue weighted by molar-refractivity contribution is 0.0953. The molecular weight excluding hydrogens is 494 g/mol. The second-order valence-corrected chi connectivity index (χ2v) is 10.3. The molecule has 1 fully saturated rings. The van der Waals surface area contributed by atoms with Crippen molar-refractivity contribution < 1.29 is 14.3 Å². The molecule has 0 aliphatic carbocycles. The molecule has 7 heteroatoms. The largest absolute Gasteiger partial charge is 0.378 e. The smallest absolute Gasteiger partial charge is 0.255 e. The van der Waals surface area contributed by atoms with Crippen LogP contribution in [0.5, 0.6) is 0 Å². The number of thiophene rings is 1. The Kier molecular flexibility index (Phi) is 8.16. The number of hydrogen-bond acceptors (Lipinski definition) is 5. The number of ether oxygens (including phenoxy) is 1. The maximum Gasteiger partial charge on any atom is 0.255 e. The lowest BCUT2D eigenvalue weighted by Crippen LogP contribution is -2.36. The van der Waals surface area contributed by atoms with E-state index in [-0.39, 0.29) is 11.8 Å². The van der Waals surface area contributed by atoms with Crippen LogP contribution in [0.25, 0.3) is 11.1 Å². The molecule has 1 aliphatic rings. The SMILES string of the molecule is Cc1ccc(C(=O)Nc2ccc(N3CCOCC3)cc2)cc1-c1ccc(C(=O)NCCc2cccs2)cc1. The highest BCUT2D eigenvalue weighted by molar-refractivity contribution is 7.09. The van der Waals surface area contributed by atoms with Gasteiger partial charge in [0.1, 0.15) is 0 Å². The van der Waals surface area contributed by atoms with Crippen molar-refractivity contribution in [2.45, 2.75) is 13.3 Å². The first-order chi connectivity index (χ1) is 18.6. The Morgan fingerprint density at radius 3 is 2.34 bits per heavy atom. The molecule has 6 nitrogen and oxygen atoms in total. The van der Waals surface area contributed by atoms with E-state index >= 15 is 0 Å². The van der Waals surface area contributed by atoms with E-state index < -0.39 is 0 Å². The Morgan fingerprint density at radius 2 is 1.63 bits per heavy atom. The number of nitrogens with zero attached hydrogens (tertiary/aromatic N) is 1. The zero-order valence-corrected chi connectivity index (χ0v) is 22.2. The minimum Gasteiger partial charge on any atom is -0.378 e. The van der Waals surface area contributed by atoms with Gasteiger partial charge in [0.25, 0.3) is 11.8 Å². The Hall–Kier alpha value is -3.94. The second kappa shape index (κ2) is 12.1. The van der Waals surface area contributed by atoms with Gasteiger partial charge in [0, 0.05) is 47.0 Å². The number of carbonyl (C=O) groups is 2. The molecule has 1 aliphatic heterocycles. The third kappa shape index (κ3) is 6.30. The maximum atomic E-state index is 13.0. The van der Waals surface area contributed by atoms with Crippen molar-refractivity contribution >= 4 is 34.5 Å². The molecule has 2 N–H and O–H groups in total. The van der Waals surface area contributed by atoms with Gasteiger partial charge in [-0.25, -0.2) is 0 Å². The number of rotatable bonds is 8. The van der Waals surface area contributed by atoms with Crippen LogP contribution in [0.15, 0.2) is 84.2 Å². The number of anilines is 2. The molecule has 2 amide bonds. The van der Waals surface area contributed by atoms with Crippen molar-refractivity contribution in [2.24, 2.45) is 0 Å². The summed E-state index contributed by atoms with van der Waals surface area (Å²) < 4.78 is 5.42. The zero-order valence-electron chi connectivity index (χ0n) is 21.4. The van der Waals surface area contributed by atoms with Crippen molar-refractivity contribution in [2.75, 3.05) is 43.1 Å². The summed E-state index contributed by atoms with van der Waals surface area (Å²) in [7, 11) is 0. The monoisotopic (exact) mass is 525 g/mol. The molecule has 0 bridgehead atoms. The highest BCUT2D eigenvalue weighted by Gasteiger charge is 2.13. The van der Waals surface area contributed by atoms with Crippen LogP contribution in [-0.4, -0.2) is 44.7 Å². The number of morpholine rings is 1. The topological polar surface area (TPSA) is 70.7 Å². The van der Waals surface area contributed by atoms with E-state index in [1.165, 1.54) is 4.88 Å². The molecule has 1 saturated heterocycles. The van der Waals surface area contributed by atoms with Crippen molar-refractivity contribution in [1.82, 2.24) is 5.32 Å². The first kappa shape index (κ1) is 25.7. The Balaban J connectivity index is 1.22. The van der Waals surface area contributed by atoms with Crippen LogP contribution in [0.1, 0.15) is 31.2 Å². The van der Waals surface area contributed by atoms with Gasteiger partial charge in [-0.2, -0.15) is 0 Å². The van der Waals surface area contributed by atoms with Crippen molar-refractivity contribution in [3.05, 3.63) is 106 Å². The minimum atomic E-state index is -0.160. The molecule has 2 heterocycles. The summed E-state index contributed by atoms with van der Waals surface area (Å²) in [6.07, 6.45) is 0.827. The Labute approximate surface area is 227 Å². The molecule has 0 unspecified atom stereocenters. The van der Waals surface area contributed by atoms with Gasteiger partial charge in [-0.15, -0.1) is 11.3 Å². The summed E-state index contributed by atoms with van der Waals surface area (Å²) >= 11 is 1.70. The summed E-state index contributed by atoms with van der Waals surface area (Å²) in [6.45, 7) is 5.85. The van der Waals surface area contributed by atoms with E-state index in [4.69, 9.17) is 4.74 Å². The molecule has 0 saturated carbocycles. The van der Waals surface area contributed by atoms with E-state index in [1.54, 1.807) is 11.3 Å². The molecule has 3 aromatic carbocycles. The fourth-order valence-electron chi connectivity index (χ4n) is 4.51. The Bertz CT molecular complexity index is 1380. The van der Waals surface area contributed by atoms with E-state index in [9.17, 15) is 9.59 Å². The fourth-order valence-corrected chi connectivity index (χ4v) is 5.22. The summed E-state index contributed by atoms with van der Waals surface area (Å²) in [4.78, 5) is 29.1. The van der Waals surface area contributed by atoms with Gasteiger partial charge in [-0.1, -0.05) is 24.3 Å². The molecule has 5 rings (SSSR count). The normalized spacial score (nSPS) is 13.2. The van der Waals surface area contributed by atoms with Gasteiger partial charge in [0.05, 0.1) is 13.2 Å². The highest BCUT2D eigenvalue weighted by Crippen LogP contribution is 2.26. The summed E-state index contributed by atoms with van der Waals surface area (Å²) in [6, 6.07) is 25.2. The number of nitrogens with one attached hydrogen (secondary N) is 2. The maximum absolute atomic E-state index is 13.0. The summed E-state index contributed by atoms with van der Waals surface area (Å²) in [5.41, 5.74) is 6.06. The zero-order chi connectivity index (χ0) is 26.3. The van der Waals surface area contributed by atoms with Crippen LogP contribution >= 0.6 is 11.3 Å². The first-order valence-electron chi connectivity index (χ1n) is 12.8. The van der Waals surface area contributed by atoms with Crippen LogP contribution < -0.4 is 15.5 Å². The van der Waals surface area contributed by atoms with E-state index in [0.717, 1.165) is 60.8 Å². The summed E-state index contributed by atoms with van der Waals surface area (Å²) in [5.74, 6) is -0.246. The molecule has 194 valence electrons. The molecule has 0 spiro atoms. The van der Waals surface area contributed by atoms with Gasteiger partial charge < -0.3 is 20.3 Å². The fraction of sp³-hybridized carbons (Fsp3) is 0.226. The molecule has 4 aromatic rings. The number of hydrogen-bond donors (Lipinski definition) is 2. The van der Waals surface area contributed by atoms with Crippen LogP contribution in [0, 0.1) is 6.92 Å². The van der Waals surface area contributed by atoms with Gasteiger partial charge in [-0.05, 0) is 90.0 Å². The van der Waals surface area contributed by atoms with Crippen LogP contribution in [-0.2, 0) is 11.2 Å². The van der Waals surface area contributed by atoms with Crippen molar-refractivity contribution in [3.63, 3.8) is 0 Å². The van der Waals surface area contributed by atoms with E-state index in [2.05, 4.69) is 21.6 Å². The van der Waals surface area contributed by atoms with Gasteiger partial charge >= 0.3 is 0 Å². The number of carbonyl (C=O) groups excluding carboxylic acids is 2. The van der Waals surface area contributed by atoms with Gasteiger partial charge in [0.2, 0.25) is 0 Å². The molecule has 38 heavy (non-hydrogen) atoms. The van der Waals surface area contributed by atoms with Crippen molar-refractivity contribution in [1.29, 1.82) is 0 Å². The lowest BCUT2D eigenvalue weighted by atomic mass is 9.97. The van der Waals surface area contributed by atoms with Crippen molar-refractivity contribution in [3.8, 4) is 11.1 Å². The van der Waals surface area contributed by atoms with Crippen LogP contribution in [0.3, 0.4) is 0 Å². The quantitative estimate of drug-likeness (QED) is 0.306. The van der Waals surface area contributed by atoms with E-state index in [1.807, 2.05) is 85.1 Å². The number of aryl methyl sites for hydroxylation is 1. The average molecular weight is 526 g/mol. The molecule has 0 atom stereocenters. The Morgan fingerprint density at radius 1 is 0.895 bits per heavy atom. The molecule has 1 aromatic heterocycles. The van der Waals surface area contributed by atoms with Crippen LogP contribution in [0.4, 0.5) is 11.4 Å². The van der Waals surface area contributed by atoms with Crippen LogP contribution in [0.2, 0.25) is 0 Å². The van der Waals surface area contributed by atoms with Gasteiger partial charge in [0.15, 0.2) is 0 Å². The molecule has 0 radical (unpaired) electrons. The lowest BCUT2D eigenvalue weighted by Gasteiger charge is -2.28. The van der Waals surface area contributed by atoms with E-state index in [0.29, 0.717) is 17.7 Å². The third-order valence-corrected chi connectivity index (χ3v) is 7.63. The second-order valence-electron chi connectivity index (χ2n) is 9.29. The molecular formula is C31H31N3O3S. The number of benzene rings is 3. The number of amides is 2.